The van der Waals surface area contributed by atoms with E-state index in [1.807, 2.05) is 36.4 Å². The highest BCUT2D eigenvalue weighted by atomic mass is 79.9. The number of rotatable bonds is 6. The number of benzene rings is 3. The molecular weight excluding hydrogens is 606 g/mol. The van der Waals surface area contributed by atoms with Crippen LogP contribution in [0.1, 0.15) is 5.56 Å². The molecule has 9 nitrogen and oxygen atoms in total. The van der Waals surface area contributed by atoms with Gasteiger partial charge in [0.2, 0.25) is 5.88 Å². The van der Waals surface area contributed by atoms with Crippen LogP contribution in [0.4, 0.5) is 5.69 Å². The summed E-state index contributed by atoms with van der Waals surface area (Å²) < 4.78 is 8.24. The molecule has 11 heteroatoms. The Kier molecular flexibility index (Phi) is 6.89. The van der Waals surface area contributed by atoms with Gasteiger partial charge in [0.05, 0.1) is 31.0 Å². The van der Waals surface area contributed by atoms with E-state index in [1.54, 1.807) is 36.5 Å². The smallest absolute Gasteiger partial charge is 0.287 e. The summed E-state index contributed by atoms with van der Waals surface area (Å²) in [5.74, 6) is 1.03. The standard InChI is InChI=1S/C26H15Br2N5O4/c27-20-12-16(13-21(28)24(20)37-23-11-10-18(15-29-23)33(35)36)14-30-32-25(17-6-2-1-3-7-17)31-22-9-5-4-8-19(22)26(32)34/h1-15H. The third-order valence-electron chi connectivity index (χ3n) is 5.27. The molecule has 0 fully saturated rings. The van der Waals surface area contributed by atoms with E-state index in [2.05, 4.69) is 41.9 Å². The van der Waals surface area contributed by atoms with Crippen molar-refractivity contribution in [3.63, 3.8) is 0 Å². The van der Waals surface area contributed by atoms with Crippen LogP contribution in [-0.4, -0.2) is 25.8 Å². The van der Waals surface area contributed by atoms with Crippen LogP contribution in [0.5, 0.6) is 11.6 Å². The van der Waals surface area contributed by atoms with Crippen LogP contribution in [0.3, 0.4) is 0 Å². The molecule has 0 radical (unpaired) electrons. The summed E-state index contributed by atoms with van der Waals surface area (Å²) in [5, 5.41) is 15.8. The number of fused-ring (bicyclic) bond motifs is 1. The lowest BCUT2D eigenvalue weighted by atomic mass is 10.2. The number of ether oxygens (including phenoxy) is 1. The number of pyridine rings is 1. The molecule has 2 heterocycles. The number of nitro groups is 1. The van der Waals surface area contributed by atoms with Gasteiger partial charge in [-0.3, -0.25) is 14.9 Å². The minimum Gasteiger partial charge on any atom is -0.437 e. The molecule has 5 aromatic rings. The Balaban J connectivity index is 1.51. The molecule has 0 unspecified atom stereocenters. The van der Waals surface area contributed by atoms with E-state index < -0.39 is 4.92 Å². The lowest BCUT2D eigenvalue weighted by Gasteiger charge is -2.11. The molecule has 2 aromatic heterocycles. The molecule has 0 aliphatic heterocycles. The van der Waals surface area contributed by atoms with Crippen molar-refractivity contribution in [1.29, 1.82) is 0 Å². The monoisotopic (exact) mass is 619 g/mol. The highest BCUT2D eigenvalue weighted by molar-refractivity contribution is 9.11. The maximum absolute atomic E-state index is 13.3. The summed E-state index contributed by atoms with van der Waals surface area (Å²) in [5.41, 5.74) is 1.59. The van der Waals surface area contributed by atoms with Gasteiger partial charge in [-0.2, -0.15) is 9.78 Å². The summed E-state index contributed by atoms with van der Waals surface area (Å²) >= 11 is 6.97. The highest BCUT2D eigenvalue weighted by Crippen LogP contribution is 2.37. The molecule has 182 valence electrons. The maximum Gasteiger partial charge on any atom is 0.287 e. The van der Waals surface area contributed by atoms with Crippen molar-refractivity contribution in [2.75, 3.05) is 0 Å². The third-order valence-corrected chi connectivity index (χ3v) is 6.44. The molecule has 0 N–H and O–H groups in total. The SMILES string of the molecule is O=c1c2ccccc2nc(-c2ccccc2)n1N=Cc1cc(Br)c(Oc2ccc([N+](=O)[O-])cn2)c(Br)c1. The fourth-order valence-electron chi connectivity index (χ4n) is 3.53. The van der Waals surface area contributed by atoms with Crippen LogP contribution in [-0.2, 0) is 0 Å². The lowest BCUT2D eigenvalue weighted by molar-refractivity contribution is -0.385. The first-order valence-electron chi connectivity index (χ1n) is 10.8. The average molecular weight is 621 g/mol. The topological polar surface area (TPSA) is 113 Å². The Morgan fingerprint density at radius 2 is 1.68 bits per heavy atom. The van der Waals surface area contributed by atoms with Crippen molar-refractivity contribution in [2.24, 2.45) is 5.10 Å². The van der Waals surface area contributed by atoms with E-state index in [4.69, 9.17) is 9.72 Å². The van der Waals surface area contributed by atoms with Gasteiger partial charge in [-0.1, -0.05) is 42.5 Å². The third kappa shape index (κ3) is 5.18. The van der Waals surface area contributed by atoms with Gasteiger partial charge in [-0.25, -0.2) is 9.97 Å². The number of nitrogens with zero attached hydrogens (tertiary/aromatic N) is 5. The predicted octanol–water partition coefficient (Wildman–Crippen LogP) is 6.57. The quantitative estimate of drug-likeness (QED) is 0.121. The molecule has 3 aromatic carbocycles. The molecule has 0 aliphatic rings. The Labute approximate surface area is 226 Å². The fraction of sp³-hybridized carbons (Fsp3) is 0. The van der Waals surface area contributed by atoms with Crippen molar-refractivity contribution in [3.05, 3.63) is 120 Å². The van der Waals surface area contributed by atoms with Gasteiger partial charge in [0, 0.05) is 17.7 Å². The van der Waals surface area contributed by atoms with Crippen LogP contribution < -0.4 is 10.3 Å². The number of hydrogen-bond acceptors (Lipinski definition) is 7. The van der Waals surface area contributed by atoms with E-state index in [9.17, 15) is 14.9 Å². The number of aromatic nitrogens is 3. The van der Waals surface area contributed by atoms with Crippen molar-refractivity contribution >= 4 is 54.7 Å². The lowest BCUT2D eigenvalue weighted by Crippen LogP contribution is -2.20. The molecule has 0 aliphatic carbocycles. The van der Waals surface area contributed by atoms with Gasteiger partial charge in [-0.15, -0.1) is 0 Å². The number of hydrogen-bond donors (Lipinski definition) is 0. The molecular formula is C26H15Br2N5O4. The van der Waals surface area contributed by atoms with Crippen LogP contribution in [0.2, 0.25) is 0 Å². The molecule has 0 bridgehead atoms. The van der Waals surface area contributed by atoms with Gasteiger partial charge >= 0.3 is 0 Å². The van der Waals surface area contributed by atoms with Crippen molar-refractivity contribution in [3.8, 4) is 23.0 Å². The molecule has 0 saturated carbocycles. The van der Waals surface area contributed by atoms with Crippen LogP contribution in [0.25, 0.3) is 22.3 Å². The van der Waals surface area contributed by atoms with Gasteiger partial charge < -0.3 is 4.74 Å². The number of para-hydroxylation sites is 1. The summed E-state index contributed by atoms with van der Waals surface area (Å²) in [6.07, 6.45) is 2.67. The molecule has 0 atom stereocenters. The molecule has 0 saturated heterocycles. The van der Waals surface area contributed by atoms with E-state index >= 15 is 0 Å². The molecule has 0 amide bonds. The summed E-state index contributed by atoms with van der Waals surface area (Å²) in [6.45, 7) is 0. The Bertz CT molecular complexity index is 1700. The second kappa shape index (κ2) is 10.4. The first-order valence-corrected chi connectivity index (χ1v) is 12.4. The predicted molar refractivity (Wildman–Crippen MR) is 147 cm³/mol. The normalized spacial score (nSPS) is 11.2. The molecule has 5 rings (SSSR count). The first-order chi connectivity index (χ1) is 17.9. The zero-order chi connectivity index (χ0) is 25.9. The second-order valence-electron chi connectivity index (χ2n) is 7.71. The maximum atomic E-state index is 13.3. The average Bonchev–Trinajstić information content (AvgIpc) is 2.91. The van der Waals surface area contributed by atoms with Crippen molar-refractivity contribution in [1.82, 2.24) is 14.6 Å². The largest absolute Gasteiger partial charge is 0.437 e. The van der Waals surface area contributed by atoms with Gasteiger partial charge in [0.25, 0.3) is 11.2 Å². The van der Waals surface area contributed by atoms with Gasteiger partial charge in [-0.05, 0) is 61.7 Å². The molecule has 0 spiro atoms. The fourth-order valence-corrected chi connectivity index (χ4v) is 4.91. The highest BCUT2D eigenvalue weighted by Gasteiger charge is 2.14. The van der Waals surface area contributed by atoms with Crippen LogP contribution in [0.15, 0.2) is 104 Å². The second-order valence-corrected chi connectivity index (χ2v) is 9.42. The Hall–Kier alpha value is -4.22. The van der Waals surface area contributed by atoms with E-state index in [0.717, 1.165) is 11.8 Å². The zero-order valence-corrected chi connectivity index (χ0v) is 22.0. The zero-order valence-electron chi connectivity index (χ0n) is 18.8. The first kappa shape index (κ1) is 24.5. The van der Waals surface area contributed by atoms with E-state index in [0.29, 0.717) is 37.0 Å². The summed E-state index contributed by atoms with van der Waals surface area (Å²) in [7, 11) is 0. The van der Waals surface area contributed by atoms with Crippen molar-refractivity contribution < 1.29 is 9.66 Å². The van der Waals surface area contributed by atoms with Gasteiger partial charge in [0.15, 0.2) is 11.6 Å². The molecule has 37 heavy (non-hydrogen) atoms. The van der Waals surface area contributed by atoms with Crippen molar-refractivity contribution in [2.45, 2.75) is 0 Å². The Morgan fingerprint density at radius 3 is 2.35 bits per heavy atom. The summed E-state index contributed by atoms with van der Waals surface area (Å²) in [6, 6.07) is 22.8. The van der Waals surface area contributed by atoms with Crippen LogP contribution in [0, 0.1) is 10.1 Å². The van der Waals surface area contributed by atoms with E-state index in [-0.39, 0.29) is 17.1 Å². The minimum absolute atomic E-state index is 0.134. The van der Waals surface area contributed by atoms with Gasteiger partial charge in [0.1, 0.15) is 6.20 Å². The minimum atomic E-state index is -0.531. The Morgan fingerprint density at radius 1 is 0.973 bits per heavy atom. The van der Waals surface area contributed by atoms with Crippen LogP contribution >= 0.6 is 31.9 Å². The van der Waals surface area contributed by atoms with E-state index in [1.165, 1.54) is 16.8 Å². The summed E-state index contributed by atoms with van der Waals surface area (Å²) in [4.78, 5) is 32.3. The number of halogens is 2.